The Morgan fingerprint density at radius 3 is 2.19 bits per heavy atom. The van der Waals surface area contributed by atoms with E-state index in [-0.39, 0.29) is 12.0 Å². The molecule has 0 aliphatic rings. The molecule has 0 saturated carbocycles. The van der Waals surface area contributed by atoms with E-state index in [4.69, 9.17) is 0 Å². The van der Waals surface area contributed by atoms with Crippen LogP contribution < -0.4 is 0 Å². The van der Waals surface area contributed by atoms with Crippen molar-refractivity contribution in [2.75, 3.05) is 0 Å². The summed E-state index contributed by atoms with van der Waals surface area (Å²) < 4.78 is 26.5. The van der Waals surface area contributed by atoms with E-state index in [1.807, 2.05) is 6.92 Å². The number of hydrogen-bond acceptors (Lipinski definition) is 2. The molecule has 2 atom stereocenters. The van der Waals surface area contributed by atoms with Crippen LogP contribution in [0.25, 0.3) is 0 Å². The van der Waals surface area contributed by atoms with E-state index < -0.39 is 23.8 Å². The number of rotatable bonds is 5. The van der Waals surface area contributed by atoms with Gasteiger partial charge < -0.3 is 10.2 Å². The molecule has 90 valence electrons. The fourth-order valence-electron chi connectivity index (χ4n) is 1.56. The van der Waals surface area contributed by atoms with Crippen molar-refractivity contribution >= 4 is 0 Å². The first-order valence-corrected chi connectivity index (χ1v) is 5.35. The molecule has 0 aliphatic heterocycles. The summed E-state index contributed by atoms with van der Waals surface area (Å²) in [4.78, 5) is 0. The average molecular weight is 230 g/mol. The fourth-order valence-corrected chi connectivity index (χ4v) is 1.56. The summed E-state index contributed by atoms with van der Waals surface area (Å²) in [6, 6.07) is 3.54. The highest BCUT2D eigenvalue weighted by atomic mass is 19.1. The van der Waals surface area contributed by atoms with Gasteiger partial charge in [0, 0.05) is 12.0 Å². The van der Waals surface area contributed by atoms with Crippen LogP contribution in [-0.4, -0.2) is 22.4 Å². The van der Waals surface area contributed by atoms with Gasteiger partial charge in [-0.25, -0.2) is 8.78 Å². The number of hydrogen-bond donors (Lipinski definition) is 2. The normalized spacial score (nSPS) is 14.8. The summed E-state index contributed by atoms with van der Waals surface area (Å²) in [6.45, 7) is 1.86. The minimum Gasteiger partial charge on any atom is -0.390 e. The van der Waals surface area contributed by atoms with E-state index >= 15 is 0 Å². The van der Waals surface area contributed by atoms with Crippen LogP contribution >= 0.6 is 0 Å². The Morgan fingerprint density at radius 2 is 1.69 bits per heavy atom. The molecule has 16 heavy (non-hydrogen) atoms. The van der Waals surface area contributed by atoms with Gasteiger partial charge in [0.25, 0.3) is 0 Å². The second-order valence-corrected chi connectivity index (χ2v) is 3.83. The lowest BCUT2D eigenvalue weighted by molar-refractivity contribution is 0.0139. The lowest BCUT2D eigenvalue weighted by Gasteiger charge is -2.17. The number of benzene rings is 1. The van der Waals surface area contributed by atoms with Gasteiger partial charge >= 0.3 is 0 Å². The van der Waals surface area contributed by atoms with Crippen molar-refractivity contribution in [3.63, 3.8) is 0 Å². The standard InChI is InChI=1S/C12H16F2O2/c1-2-4-11(15)12(16)7-8-9(13)5-3-6-10(8)14/h3,5-6,11-12,15-16H,2,4,7H2,1H3. The molecule has 0 amide bonds. The summed E-state index contributed by atoms with van der Waals surface area (Å²) in [6.07, 6.45) is -1.16. The molecular weight excluding hydrogens is 214 g/mol. The van der Waals surface area contributed by atoms with Gasteiger partial charge in [0.05, 0.1) is 12.2 Å². The Morgan fingerprint density at radius 1 is 1.12 bits per heavy atom. The molecule has 2 nitrogen and oxygen atoms in total. The molecule has 1 aromatic rings. The third kappa shape index (κ3) is 3.25. The Balaban J connectivity index is 2.72. The molecular formula is C12H16F2O2. The molecule has 0 aliphatic carbocycles. The van der Waals surface area contributed by atoms with Crippen molar-refractivity contribution in [2.45, 2.75) is 38.4 Å². The maximum absolute atomic E-state index is 13.2. The molecule has 0 spiro atoms. The summed E-state index contributed by atoms with van der Waals surface area (Å²) in [5.74, 6) is -1.38. The molecule has 0 saturated heterocycles. The molecule has 0 fully saturated rings. The predicted octanol–water partition coefficient (Wildman–Crippen LogP) is 2.03. The molecule has 1 rings (SSSR count). The minimum atomic E-state index is -1.13. The van der Waals surface area contributed by atoms with Crippen LogP contribution in [0, 0.1) is 11.6 Å². The zero-order chi connectivity index (χ0) is 12.1. The molecule has 0 heterocycles. The summed E-state index contributed by atoms with van der Waals surface area (Å²) in [5.41, 5.74) is -0.176. The van der Waals surface area contributed by atoms with Gasteiger partial charge in [-0.2, -0.15) is 0 Å². The predicted molar refractivity (Wildman–Crippen MR) is 57.0 cm³/mol. The molecule has 2 unspecified atom stereocenters. The van der Waals surface area contributed by atoms with Crippen molar-refractivity contribution in [1.29, 1.82) is 0 Å². The number of aliphatic hydroxyl groups excluding tert-OH is 2. The fraction of sp³-hybridized carbons (Fsp3) is 0.500. The van der Waals surface area contributed by atoms with Crippen LogP contribution in [0.2, 0.25) is 0 Å². The summed E-state index contributed by atoms with van der Waals surface area (Å²) in [5, 5.41) is 19.0. The van der Waals surface area contributed by atoms with E-state index in [1.165, 1.54) is 6.07 Å². The second kappa shape index (κ2) is 5.92. The largest absolute Gasteiger partial charge is 0.390 e. The molecule has 1 aromatic carbocycles. The van der Waals surface area contributed by atoms with Gasteiger partial charge in [0.15, 0.2) is 0 Å². The average Bonchev–Trinajstić information content (AvgIpc) is 2.23. The van der Waals surface area contributed by atoms with Crippen molar-refractivity contribution < 1.29 is 19.0 Å². The zero-order valence-corrected chi connectivity index (χ0v) is 9.16. The zero-order valence-electron chi connectivity index (χ0n) is 9.16. The maximum atomic E-state index is 13.2. The first-order valence-electron chi connectivity index (χ1n) is 5.35. The highest BCUT2D eigenvalue weighted by molar-refractivity contribution is 5.20. The van der Waals surface area contributed by atoms with E-state index in [9.17, 15) is 19.0 Å². The van der Waals surface area contributed by atoms with Crippen molar-refractivity contribution in [3.05, 3.63) is 35.4 Å². The lowest BCUT2D eigenvalue weighted by atomic mass is 10.0. The van der Waals surface area contributed by atoms with E-state index in [0.29, 0.717) is 12.8 Å². The highest BCUT2D eigenvalue weighted by Gasteiger charge is 2.19. The molecule has 0 aromatic heterocycles. The first kappa shape index (κ1) is 13.1. The van der Waals surface area contributed by atoms with Crippen LogP contribution in [0.1, 0.15) is 25.3 Å². The Bertz CT molecular complexity index is 322. The van der Waals surface area contributed by atoms with Crippen molar-refractivity contribution in [2.24, 2.45) is 0 Å². The van der Waals surface area contributed by atoms with Gasteiger partial charge in [-0.05, 0) is 18.6 Å². The lowest BCUT2D eigenvalue weighted by Crippen LogP contribution is -2.28. The third-order valence-corrected chi connectivity index (χ3v) is 2.50. The summed E-state index contributed by atoms with van der Waals surface area (Å²) >= 11 is 0. The molecule has 4 heteroatoms. The first-order chi connectivity index (χ1) is 7.56. The minimum absolute atomic E-state index is 0.176. The summed E-state index contributed by atoms with van der Waals surface area (Å²) in [7, 11) is 0. The van der Waals surface area contributed by atoms with Crippen LogP contribution in [0.4, 0.5) is 8.78 Å². The van der Waals surface area contributed by atoms with E-state index in [0.717, 1.165) is 12.1 Å². The van der Waals surface area contributed by atoms with Gasteiger partial charge in [-0.1, -0.05) is 19.4 Å². The number of aliphatic hydroxyl groups is 2. The highest BCUT2D eigenvalue weighted by Crippen LogP contribution is 2.16. The van der Waals surface area contributed by atoms with Gasteiger partial charge in [0.1, 0.15) is 11.6 Å². The monoisotopic (exact) mass is 230 g/mol. The molecule has 2 N–H and O–H groups in total. The number of halogens is 2. The maximum Gasteiger partial charge on any atom is 0.129 e. The van der Waals surface area contributed by atoms with Crippen molar-refractivity contribution in [1.82, 2.24) is 0 Å². The second-order valence-electron chi connectivity index (χ2n) is 3.83. The van der Waals surface area contributed by atoms with Crippen LogP contribution in [-0.2, 0) is 6.42 Å². The van der Waals surface area contributed by atoms with Gasteiger partial charge in [-0.3, -0.25) is 0 Å². The Kier molecular flexibility index (Phi) is 4.83. The van der Waals surface area contributed by atoms with Crippen LogP contribution in [0.15, 0.2) is 18.2 Å². The third-order valence-electron chi connectivity index (χ3n) is 2.50. The van der Waals surface area contributed by atoms with Crippen molar-refractivity contribution in [3.8, 4) is 0 Å². The quantitative estimate of drug-likeness (QED) is 0.812. The van der Waals surface area contributed by atoms with Crippen LogP contribution in [0.3, 0.4) is 0 Å². The Labute approximate surface area is 93.5 Å². The smallest absolute Gasteiger partial charge is 0.129 e. The molecule has 0 radical (unpaired) electrons. The topological polar surface area (TPSA) is 40.5 Å². The van der Waals surface area contributed by atoms with E-state index in [1.54, 1.807) is 0 Å². The van der Waals surface area contributed by atoms with Crippen LogP contribution in [0.5, 0.6) is 0 Å². The Hall–Kier alpha value is -1.00. The SMILES string of the molecule is CCCC(O)C(O)Cc1c(F)cccc1F. The van der Waals surface area contributed by atoms with E-state index in [2.05, 4.69) is 0 Å². The van der Waals surface area contributed by atoms with Gasteiger partial charge in [0.2, 0.25) is 0 Å². The van der Waals surface area contributed by atoms with Gasteiger partial charge in [-0.15, -0.1) is 0 Å². The molecule has 0 bridgehead atoms.